The Morgan fingerprint density at radius 2 is 1.67 bits per heavy atom. The van der Waals surface area contributed by atoms with Crippen molar-refractivity contribution in [2.75, 3.05) is 39.3 Å². The molecule has 2 aliphatic heterocycles. The second-order valence-electron chi connectivity index (χ2n) is 7.12. The van der Waals surface area contributed by atoms with Gasteiger partial charge in [-0.3, -0.25) is 14.6 Å². The fraction of sp³-hybridized carbons (Fsp3) is 0.867. The summed E-state index contributed by atoms with van der Waals surface area (Å²) in [6, 6.07) is -0.652. The Morgan fingerprint density at radius 3 is 2.17 bits per heavy atom. The molecule has 0 spiro atoms. The minimum atomic E-state index is -4.27. The lowest BCUT2D eigenvalue weighted by atomic mass is 9.91. The van der Waals surface area contributed by atoms with E-state index in [-0.39, 0.29) is 12.5 Å². The number of piperazine rings is 1. The van der Waals surface area contributed by atoms with Crippen molar-refractivity contribution in [1.82, 2.24) is 14.7 Å². The van der Waals surface area contributed by atoms with E-state index in [1.54, 1.807) is 9.80 Å². The standard InChI is InChI=1S/C15H24F3N3O3/c1-14(2,15(16,17)18)10-19-6-8-20(9-7-19)12(22)11-4-3-5-21(11)13(23)24/h11H,3-10H2,1-2H3,(H,23,24)/t11-/m0/s1. The van der Waals surface area contributed by atoms with Crippen LogP contribution in [0.25, 0.3) is 0 Å². The maximum atomic E-state index is 13.0. The van der Waals surface area contributed by atoms with E-state index in [4.69, 9.17) is 5.11 Å². The lowest BCUT2D eigenvalue weighted by Crippen LogP contribution is -2.56. The molecule has 2 aliphatic rings. The number of nitrogens with zero attached hydrogens (tertiary/aromatic N) is 3. The summed E-state index contributed by atoms with van der Waals surface area (Å²) in [6.07, 6.45) is -4.21. The molecule has 6 nitrogen and oxygen atoms in total. The van der Waals surface area contributed by atoms with Crippen LogP contribution in [0.1, 0.15) is 26.7 Å². The first kappa shape index (κ1) is 18.8. The van der Waals surface area contributed by atoms with Gasteiger partial charge in [-0.15, -0.1) is 0 Å². The van der Waals surface area contributed by atoms with Crippen molar-refractivity contribution >= 4 is 12.0 Å². The zero-order valence-corrected chi connectivity index (χ0v) is 14.0. The lowest BCUT2D eigenvalue weighted by Gasteiger charge is -2.40. The van der Waals surface area contributed by atoms with Gasteiger partial charge in [-0.2, -0.15) is 13.2 Å². The van der Waals surface area contributed by atoms with Crippen molar-refractivity contribution in [2.45, 2.75) is 38.9 Å². The minimum absolute atomic E-state index is 0.108. The molecule has 0 aromatic heterocycles. The second kappa shape index (κ2) is 6.78. The summed E-state index contributed by atoms with van der Waals surface area (Å²) in [7, 11) is 0. The van der Waals surface area contributed by atoms with E-state index in [0.717, 1.165) is 4.90 Å². The number of alkyl halides is 3. The topological polar surface area (TPSA) is 64.1 Å². The zero-order chi connectivity index (χ0) is 18.1. The number of carbonyl (C=O) groups is 2. The van der Waals surface area contributed by atoms with Crippen LogP contribution in [0.3, 0.4) is 0 Å². The van der Waals surface area contributed by atoms with Crippen LogP contribution in [-0.2, 0) is 4.79 Å². The lowest BCUT2D eigenvalue weighted by molar-refractivity contribution is -0.217. The fourth-order valence-corrected chi connectivity index (χ4v) is 3.24. The first-order valence-corrected chi connectivity index (χ1v) is 8.10. The number of rotatable bonds is 3. The average molecular weight is 351 g/mol. The number of hydrogen-bond acceptors (Lipinski definition) is 3. The van der Waals surface area contributed by atoms with Gasteiger partial charge in [0.25, 0.3) is 0 Å². The summed E-state index contributed by atoms with van der Waals surface area (Å²) < 4.78 is 38.9. The van der Waals surface area contributed by atoms with Crippen molar-refractivity contribution in [3.63, 3.8) is 0 Å². The van der Waals surface area contributed by atoms with Crippen LogP contribution < -0.4 is 0 Å². The maximum Gasteiger partial charge on any atom is 0.407 e. The average Bonchev–Trinajstić information content (AvgIpc) is 2.95. The fourth-order valence-electron chi connectivity index (χ4n) is 3.24. The monoisotopic (exact) mass is 351 g/mol. The number of likely N-dealkylation sites (tertiary alicyclic amines) is 1. The Morgan fingerprint density at radius 1 is 1.08 bits per heavy atom. The molecular formula is C15H24F3N3O3. The molecule has 2 amide bonds. The van der Waals surface area contributed by atoms with E-state index in [1.165, 1.54) is 13.8 Å². The van der Waals surface area contributed by atoms with Crippen LogP contribution >= 0.6 is 0 Å². The molecule has 0 aromatic carbocycles. The summed E-state index contributed by atoms with van der Waals surface area (Å²) in [4.78, 5) is 28.1. The van der Waals surface area contributed by atoms with Gasteiger partial charge in [0.05, 0.1) is 5.41 Å². The van der Waals surface area contributed by atoms with E-state index in [1.807, 2.05) is 0 Å². The zero-order valence-electron chi connectivity index (χ0n) is 14.0. The molecule has 0 bridgehead atoms. The maximum absolute atomic E-state index is 13.0. The van der Waals surface area contributed by atoms with Crippen LogP contribution in [0.4, 0.5) is 18.0 Å². The molecule has 0 unspecified atom stereocenters. The number of hydrogen-bond donors (Lipinski definition) is 1. The van der Waals surface area contributed by atoms with E-state index < -0.39 is 23.7 Å². The van der Waals surface area contributed by atoms with E-state index in [9.17, 15) is 22.8 Å². The highest BCUT2D eigenvalue weighted by molar-refractivity contribution is 5.86. The summed E-state index contributed by atoms with van der Waals surface area (Å²) in [6.45, 7) is 3.99. The highest BCUT2D eigenvalue weighted by Gasteiger charge is 2.48. The molecule has 2 fully saturated rings. The molecule has 2 rings (SSSR count). The molecule has 0 saturated carbocycles. The first-order chi connectivity index (χ1) is 11.0. The van der Waals surface area contributed by atoms with Gasteiger partial charge in [0, 0.05) is 39.3 Å². The highest BCUT2D eigenvalue weighted by atomic mass is 19.4. The van der Waals surface area contributed by atoms with Gasteiger partial charge in [-0.25, -0.2) is 4.79 Å². The van der Waals surface area contributed by atoms with Gasteiger partial charge < -0.3 is 10.0 Å². The summed E-state index contributed by atoms with van der Waals surface area (Å²) in [5, 5.41) is 9.12. The SMILES string of the molecule is CC(C)(CN1CCN(C(=O)[C@@H]2CCCN2C(=O)O)CC1)C(F)(F)F. The van der Waals surface area contributed by atoms with Gasteiger partial charge >= 0.3 is 12.3 Å². The van der Waals surface area contributed by atoms with Gasteiger partial charge in [-0.1, -0.05) is 0 Å². The molecule has 0 aromatic rings. The Labute approximate surface area is 139 Å². The normalized spacial score (nSPS) is 23.6. The highest BCUT2D eigenvalue weighted by Crippen LogP contribution is 2.38. The van der Waals surface area contributed by atoms with Gasteiger partial charge in [-0.05, 0) is 26.7 Å². The van der Waals surface area contributed by atoms with Crippen LogP contribution in [0, 0.1) is 5.41 Å². The Balaban J connectivity index is 1.89. The molecule has 2 heterocycles. The smallest absolute Gasteiger partial charge is 0.407 e. The number of halogens is 3. The van der Waals surface area contributed by atoms with Crippen molar-refractivity contribution in [3.05, 3.63) is 0 Å². The van der Waals surface area contributed by atoms with Crippen LogP contribution in [0.5, 0.6) is 0 Å². The molecule has 9 heteroatoms. The number of amides is 2. The predicted molar refractivity (Wildman–Crippen MR) is 80.6 cm³/mol. The Kier molecular flexibility index (Phi) is 5.31. The van der Waals surface area contributed by atoms with Crippen molar-refractivity contribution in [2.24, 2.45) is 5.41 Å². The largest absolute Gasteiger partial charge is 0.465 e. The molecule has 0 radical (unpaired) electrons. The molecule has 2 saturated heterocycles. The van der Waals surface area contributed by atoms with Crippen molar-refractivity contribution in [3.8, 4) is 0 Å². The van der Waals surface area contributed by atoms with Gasteiger partial charge in [0.15, 0.2) is 0 Å². The van der Waals surface area contributed by atoms with Crippen LogP contribution in [0.2, 0.25) is 0 Å². The minimum Gasteiger partial charge on any atom is -0.465 e. The second-order valence-corrected chi connectivity index (χ2v) is 7.12. The Bertz CT molecular complexity index is 488. The van der Waals surface area contributed by atoms with Gasteiger partial charge in [0.1, 0.15) is 6.04 Å². The third-order valence-corrected chi connectivity index (χ3v) is 4.85. The molecule has 24 heavy (non-hydrogen) atoms. The third kappa shape index (κ3) is 3.93. The number of carbonyl (C=O) groups excluding carboxylic acids is 1. The molecule has 1 N–H and O–H groups in total. The predicted octanol–water partition coefficient (Wildman–Crippen LogP) is 1.86. The van der Waals surface area contributed by atoms with E-state index in [2.05, 4.69) is 0 Å². The van der Waals surface area contributed by atoms with Crippen molar-refractivity contribution < 1.29 is 27.9 Å². The summed E-state index contributed by atoms with van der Waals surface area (Å²) in [5.41, 5.74) is -1.80. The van der Waals surface area contributed by atoms with E-state index in [0.29, 0.717) is 45.6 Å². The van der Waals surface area contributed by atoms with Crippen LogP contribution in [0.15, 0.2) is 0 Å². The molecule has 138 valence electrons. The van der Waals surface area contributed by atoms with E-state index >= 15 is 0 Å². The molecular weight excluding hydrogens is 327 g/mol. The van der Waals surface area contributed by atoms with Crippen molar-refractivity contribution in [1.29, 1.82) is 0 Å². The number of carboxylic acid groups (broad SMARTS) is 1. The molecule has 0 aliphatic carbocycles. The van der Waals surface area contributed by atoms with Crippen LogP contribution in [-0.4, -0.2) is 83.3 Å². The van der Waals surface area contributed by atoms with Gasteiger partial charge in [0.2, 0.25) is 5.91 Å². The quantitative estimate of drug-likeness (QED) is 0.843. The Hall–Kier alpha value is -1.51. The first-order valence-electron chi connectivity index (χ1n) is 8.10. The summed E-state index contributed by atoms with van der Waals surface area (Å²) in [5.74, 6) is -0.232. The molecule has 1 atom stereocenters. The summed E-state index contributed by atoms with van der Waals surface area (Å²) >= 11 is 0. The third-order valence-electron chi connectivity index (χ3n) is 4.85.